The van der Waals surface area contributed by atoms with Crippen molar-refractivity contribution in [2.75, 3.05) is 0 Å². The van der Waals surface area contributed by atoms with Crippen molar-refractivity contribution in [2.45, 2.75) is 13.5 Å². The fourth-order valence-electron chi connectivity index (χ4n) is 2.39. The molecule has 0 spiro atoms. The van der Waals surface area contributed by atoms with Crippen molar-refractivity contribution in [1.29, 1.82) is 0 Å². The summed E-state index contributed by atoms with van der Waals surface area (Å²) >= 11 is 12.6. The molecule has 9 heteroatoms. The van der Waals surface area contributed by atoms with Gasteiger partial charge in [-0.25, -0.2) is 10.1 Å². The lowest BCUT2D eigenvalue weighted by Gasteiger charge is -2.05. The topological polar surface area (TPSA) is 81.3 Å². The molecule has 0 aliphatic carbocycles. The molecule has 0 aliphatic rings. The van der Waals surface area contributed by atoms with Crippen LogP contribution in [0.3, 0.4) is 0 Å². The van der Waals surface area contributed by atoms with Crippen LogP contribution in [0, 0.1) is 6.92 Å². The summed E-state index contributed by atoms with van der Waals surface area (Å²) in [6.45, 7) is 1.63. The van der Waals surface area contributed by atoms with Crippen LogP contribution in [-0.2, 0) is 11.3 Å². The predicted molar refractivity (Wildman–Crippen MR) is 105 cm³/mol. The Hall–Kier alpha value is -2.90. The number of benzene rings is 1. The minimum Gasteiger partial charge on any atom is -0.306 e. The zero-order valence-electron chi connectivity index (χ0n) is 14.3. The van der Waals surface area contributed by atoms with E-state index in [1.165, 1.54) is 27.7 Å². The Bertz CT molecular complexity index is 1070. The van der Waals surface area contributed by atoms with E-state index in [2.05, 4.69) is 15.6 Å². The number of amides is 1. The van der Waals surface area contributed by atoms with Crippen molar-refractivity contribution in [2.24, 2.45) is 5.10 Å². The van der Waals surface area contributed by atoms with Gasteiger partial charge in [-0.2, -0.15) is 10.2 Å². The third kappa shape index (κ3) is 4.27. The molecule has 0 bridgehead atoms. The lowest BCUT2D eigenvalue weighted by atomic mass is 10.3. The first-order valence-electron chi connectivity index (χ1n) is 7.95. The standard InChI is InChI=1S/C18H15Cl2N5O2/c1-12-13(18(20)25(23-12)15-7-3-2-6-14(15)19)10-21-22-16(26)11-24-9-5-4-8-17(24)27/h2-10H,11H2,1H3,(H,22,26)/b21-10-. The Balaban J connectivity index is 1.74. The highest BCUT2D eigenvalue weighted by molar-refractivity contribution is 6.34. The number of carbonyl (C=O) groups is 1. The van der Waals surface area contributed by atoms with E-state index in [4.69, 9.17) is 23.2 Å². The van der Waals surface area contributed by atoms with E-state index in [0.29, 0.717) is 27.1 Å². The summed E-state index contributed by atoms with van der Waals surface area (Å²) in [5.41, 5.74) is 3.91. The second-order valence-corrected chi connectivity index (χ2v) is 6.38. The molecule has 0 atom stereocenters. The summed E-state index contributed by atoms with van der Waals surface area (Å²) in [5, 5.41) is 9.10. The van der Waals surface area contributed by atoms with Crippen molar-refractivity contribution < 1.29 is 4.79 Å². The molecule has 1 N–H and O–H groups in total. The maximum absolute atomic E-state index is 11.9. The molecule has 7 nitrogen and oxygen atoms in total. The Kier molecular flexibility index (Phi) is 5.73. The van der Waals surface area contributed by atoms with Crippen molar-refractivity contribution in [3.05, 3.63) is 80.4 Å². The second-order valence-electron chi connectivity index (χ2n) is 5.61. The lowest BCUT2D eigenvalue weighted by molar-refractivity contribution is -0.121. The molecule has 1 aromatic carbocycles. The summed E-state index contributed by atoms with van der Waals surface area (Å²) in [4.78, 5) is 23.5. The van der Waals surface area contributed by atoms with Crippen molar-refractivity contribution >= 4 is 35.3 Å². The number of rotatable bonds is 5. The molecule has 27 heavy (non-hydrogen) atoms. The minimum atomic E-state index is -0.438. The van der Waals surface area contributed by atoms with Crippen molar-refractivity contribution in [3.63, 3.8) is 0 Å². The summed E-state index contributed by atoms with van der Waals surface area (Å²) in [7, 11) is 0. The number of nitrogens with zero attached hydrogens (tertiary/aromatic N) is 4. The van der Waals surface area contributed by atoms with Gasteiger partial charge >= 0.3 is 0 Å². The predicted octanol–water partition coefficient (Wildman–Crippen LogP) is 2.80. The van der Waals surface area contributed by atoms with Crippen LogP contribution >= 0.6 is 23.2 Å². The lowest BCUT2D eigenvalue weighted by Crippen LogP contribution is -2.29. The summed E-state index contributed by atoms with van der Waals surface area (Å²) < 4.78 is 2.78. The molecule has 0 unspecified atom stereocenters. The normalized spacial score (nSPS) is 11.1. The molecular formula is C18H15Cl2N5O2. The monoisotopic (exact) mass is 403 g/mol. The van der Waals surface area contributed by atoms with Gasteiger partial charge in [0.25, 0.3) is 11.5 Å². The highest BCUT2D eigenvalue weighted by Crippen LogP contribution is 2.26. The van der Waals surface area contributed by atoms with Gasteiger partial charge in [0.15, 0.2) is 0 Å². The summed E-state index contributed by atoms with van der Waals surface area (Å²) in [5.74, 6) is -0.438. The van der Waals surface area contributed by atoms with Crippen LogP contribution in [0.4, 0.5) is 0 Å². The van der Waals surface area contributed by atoms with E-state index in [1.807, 2.05) is 12.1 Å². The number of hydrogen-bond donors (Lipinski definition) is 1. The fraction of sp³-hybridized carbons (Fsp3) is 0.111. The SMILES string of the molecule is Cc1nn(-c2ccccc2Cl)c(Cl)c1/C=N\NC(=O)Cn1ccccc1=O. The smallest absolute Gasteiger partial charge is 0.260 e. The second kappa shape index (κ2) is 8.20. The molecule has 138 valence electrons. The van der Waals surface area contributed by atoms with Gasteiger partial charge in [0, 0.05) is 12.3 Å². The van der Waals surface area contributed by atoms with Crippen LogP contribution in [0.2, 0.25) is 10.2 Å². The van der Waals surface area contributed by atoms with Crippen LogP contribution in [0.25, 0.3) is 5.69 Å². The molecule has 0 fully saturated rings. The van der Waals surface area contributed by atoms with Gasteiger partial charge in [0.1, 0.15) is 11.7 Å². The van der Waals surface area contributed by atoms with Crippen LogP contribution in [0.5, 0.6) is 0 Å². The Morgan fingerprint density at radius 1 is 1.22 bits per heavy atom. The molecule has 3 rings (SSSR count). The van der Waals surface area contributed by atoms with Gasteiger partial charge in [-0.3, -0.25) is 9.59 Å². The van der Waals surface area contributed by atoms with Crippen molar-refractivity contribution in [1.82, 2.24) is 19.8 Å². The first-order chi connectivity index (χ1) is 13.0. The quantitative estimate of drug-likeness (QED) is 0.525. The molecule has 3 aromatic rings. The van der Waals surface area contributed by atoms with Crippen LogP contribution in [-0.4, -0.2) is 26.5 Å². The molecule has 2 heterocycles. The maximum Gasteiger partial charge on any atom is 0.260 e. The highest BCUT2D eigenvalue weighted by atomic mass is 35.5. The van der Waals surface area contributed by atoms with Gasteiger partial charge < -0.3 is 4.57 Å². The first-order valence-corrected chi connectivity index (χ1v) is 8.70. The number of pyridine rings is 1. The van der Waals surface area contributed by atoms with Crippen LogP contribution < -0.4 is 11.0 Å². The average molecular weight is 404 g/mol. The highest BCUT2D eigenvalue weighted by Gasteiger charge is 2.15. The number of nitrogens with one attached hydrogen (secondary N) is 1. The van der Waals surface area contributed by atoms with Crippen molar-refractivity contribution in [3.8, 4) is 5.69 Å². The van der Waals surface area contributed by atoms with E-state index in [9.17, 15) is 9.59 Å². The molecule has 2 aromatic heterocycles. The van der Waals surface area contributed by atoms with Gasteiger partial charge in [-0.05, 0) is 25.1 Å². The molecule has 0 aliphatic heterocycles. The van der Waals surface area contributed by atoms with Gasteiger partial charge in [-0.1, -0.05) is 41.4 Å². The van der Waals surface area contributed by atoms with E-state index in [-0.39, 0.29) is 12.1 Å². The summed E-state index contributed by atoms with van der Waals surface area (Å²) in [6, 6.07) is 11.8. The van der Waals surface area contributed by atoms with Crippen LogP contribution in [0.1, 0.15) is 11.3 Å². The number of aromatic nitrogens is 3. The molecule has 0 saturated heterocycles. The molecular weight excluding hydrogens is 389 g/mol. The number of para-hydroxylation sites is 1. The number of carbonyl (C=O) groups excluding carboxylic acids is 1. The molecule has 0 radical (unpaired) electrons. The molecule has 1 amide bonds. The minimum absolute atomic E-state index is 0.136. The zero-order valence-corrected chi connectivity index (χ0v) is 15.8. The maximum atomic E-state index is 11.9. The number of aryl methyl sites for hydroxylation is 1. The third-order valence-corrected chi connectivity index (χ3v) is 4.41. The van der Waals surface area contributed by atoms with E-state index < -0.39 is 5.91 Å². The van der Waals surface area contributed by atoms with Gasteiger partial charge in [-0.15, -0.1) is 0 Å². The average Bonchev–Trinajstić information content (AvgIpc) is 2.92. The third-order valence-electron chi connectivity index (χ3n) is 3.72. The van der Waals surface area contributed by atoms with E-state index >= 15 is 0 Å². The number of halogens is 2. The largest absolute Gasteiger partial charge is 0.306 e. The zero-order chi connectivity index (χ0) is 19.4. The Morgan fingerprint density at radius 3 is 2.70 bits per heavy atom. The Morgan fingerprint density at radius 2 is 1.96 bits per heavy atom. The van der Waals surface area contributed by atoms with Crippen LogP contribution in [0.15, 0.2) is 58.6 Å². The van der Waals surface area contributed by atoms with E-state index in [1.54, 1.807) is 31.2 Å². The Labute approximate surface area is 164 Å². The molecule has 0 saturated carbocycles. The first kappa shape index (κ1) is 18.9. The summed E-state index contributed by atoms with van der Waals surface area (Å²) in [6.07, 6.45) is 2.93. The van der Waals surface area contributed by atoms with E-state index in [0.717, 1.165) is 0 Å². The number of hydrogen-bond acceptors (Lipinski definition) is 4. The fourth-order valence-corrected chi connectivity index (χ4v) is 2.92. The van der Waals surface area contributed by atoms with Gasteiger partial charge in [0.2, 0.25) is 0 Å². The van der Waals surface area contributed by atoms with Gasteiger partial charge in [0.05, 0.1) is 28.2 Å². The number of hydrazone groups is 1.